The van der Waals surface area contributed by atoms with E-state index in [0.29, 0.717) is 24.8 Å². The van der Waals surface area contributed by atoms with Crippen molar-refractivity contribution in [1.82, 2.24) is 4.90 Å². The molecule has 2 atom stereocenters. The van der Waals surface area contributed by atoms with Gasteiger partial charge in [0.25, 0.3) is 0 Å². The van der Waals surface area contributed by atoms with Gasteiger partial charge in [0.15, 0.2) is 0 Å². The van der Waals surface area contributed by atoms with Gasteiger partial charge in [-0.1, -0.05) is 25.8 Å². The standard InChI is InChI=1S/C17H26N2O2/c1-13-5-3-7-15(11-13)19(2)17(20)9-10-21-16-8-4-6-14(18)12-16/h4,6,8,12-13,15H,3,5,7,9-11,18H2,1-2H3. The molecule has 0 saturated heterocycles. The third-order valence-electron chi connectivity index (χ3n) is 4.29. The van der Waals surface area contributed by atoms with Gasteiger partial charge in [0, 0.05) is 24.8 Å². The Bertz CT molecular complexity index is 476. The Kier molecular flexibility index (Phi) is 5.48. The van der Waals surface area contributed by atoms with Crippen LogP contribution in [0.4, 0.5) is 5.69 Å². The molecule has 21 heavy (non-hydrogen) atoms. The molecule has 4 nitrogen and oxygen atoms in total. The highest BCUT2D eigenvalue weighted by molar-refractivity contribution is 5.76. The third kappa shape index (κ3) is 4.66. The molecule has 0 heterocycles. The van der Waals surface area contributed by atoms with Crippen molar-refractivity contribution in [3.05, 3.63) is 24.3 Å². The molecule has 1 aliphatic carbocycles. The van der Waals surface area contributed by atoms with E-state index in [1.54, 1.807) is 6.07 Å². The molecule has 0 spiro atoms. The van der Waals surface area contributed by atoms with Crippen molar-refractivity contribution in [3.8, 4) is 5.75 Å². The van der Waals surface area contributed by atoms with Gasteiger partial charge in [0.2, 0.25) is 5.91 Å². The molecule has 1 saturated carbocycles. The minimum atomic E-state index is 0.165. The molecule has 116 valence electrons. The highest BCUT2D eigenvalue weighted by atomic mass is 16.5. The fraction of sp³-hybridized carbons (Fsp3) is 0.588. The van der Waals surface area contributed by atoms with Crippen molar-refractivity contribution in [1.29, 1.82) is 0 Å². The first-order chi connectivity index (χ1) is 10.1. The summed E-state index contributed by atoms with van der Waals surface area (Å²) in [5.41, 5.74) is 6.37. The summed E-state index contributed by atoms with van der Waals surface area (Å²) in [5, 5.41) is 0. The second-order valence-electron chi connectivity index (χ2n) is 6.10. The Morgan fingerprint density at radius 2 is 2.24 bits per heavy atom. The first kappa shape index (κ1) is 15.7. The topological polar surface area (TPSA) is 55.6 Å². The molecule has 2 N–H and O–H groups in total. The Hall–Kier alpha value is -1.71. The zero-order valence-corrected chi connectivity index (χ0v) is 13.0. The summed E-state index contributed by atoms with van der Waals surface area (Å²) in [6, 6.07) is 7.69. The van der Waals surface area contributed by atoms with Crippen LogP contribution in [0.2, 0.25) is 0 Å². The van der Waals surface area contributed by atoms with Crippen LogP contribution in [-0.2, 0) is 4.79 Å². The van der Waals surface area contributed by atoms with E-state index in [9.17, 15) is 4.79 Å². The summed E-state index contributed by atoms with van der Waals surface area (Å²) >= 11 is 0. The summed E-state index contributed by atoms with van der Waals surface area (Å²) in [6.07, 6.45) is 5.18. The van der Waals surface area contributed by atoms with E-state index >= 15 is 0 Å². The number of rotatable bonds is 5. The van der Waals surface area contributed by atoms with Gasteiger partial charge in [-0.3, -0.25) is 4.79 Å². The average molecular weight is 290 g/mol. The van der Waals surface area contributed by atoms with Crippen LogP contribution in [0.5, 0.6) is 5.75 Å². The van der Waals surface area contributed by atoms with Crippen LogP contribution in [0.25, 0.3) is 0 Å². The van der Waals surface area contributed by atoms with Gasteiger partial charge in [-0.25, -0.2) is 0 Å². The van der Waals surface area contributed by atoms with Gasteiger partial charge in [0.1, 0.15) is 5.75 Å². The summed E-state index contributed by atoms with van der Waals surface area (Å²) in [5.74, 6) is 1.61. The lowest BCUT2D eigenvalue weighted by molar-refractivity contribution is -0.133. The van der Waals surface area contributed by atoms with E-state index < -0.39 is 0 Å². The van der Waals surface area contributed by atoms with Crippen molar-refractivity contribution in [3.63, 3.8) is 0 Å². The van der Waals surface area contributed by atoms with Gasteiger partial charge in [0.05, 0.1) is 13.0 Å². The third-order valence-corrected chi connectivity index (χ3v) is 4.29. The molecular weight excluding hydrogens is 264 g/mol. The molecule has 1 aliphatic rings. The van der Waals surface area contributed by atoms with Gasteiger partial charge in [-0.15, -0.1) is 0 Å². The quantitative estimate of drug-likeness (QED) is 0.848. The minimum absolute atomic E-state index is 0.165. The van der Waals surface area contributed by atoms with Gasteiger partial charge >= 0.3 is 0 Å². The van der Waals surface area contributed by atoms with E-state index in [4.69, 9.17) is 10.5 Å². The highest BCUT2D eigenvalue weighted by Gasteiger charge is 2.25. The van der Waals surface area contributed by atoms with E-state index in [-0.39, 0.29) is 5.91 Å². The van der Waals surface area contributed by atoms with Crippen LogP contribution in [-0.4, -0.2) is 30.5 Å². The maximum atomic E-state index is 12.2. The van der Waals surface area contributed by atoms with Crippen molar-refractivity contribution in [2.24, 2.45) is 5.92 Å². The zero-order valence-electron chi connectivity index (χ0n) is 13.0. The molecule has 1 amide bonds. The van der Waals surface area contributed by atoms with Crippen LogP contribution < -0.4 is 10.5 Å². The van der Waals surface area contributed by atoms with Crippen molar-refractivity contribution < 1.29 is 9.53 Å². The Morgan fingerprint density at radius 3 is 2.95 bits per heavy atom. The maximum Gasteiger partial charge on any atom is 0.225 e. The molecule has 2 unspecified atom stereocenters. The predicted octanol–water partition coefficient (Wildman–Crippen LogP) is 3.07. The minimum Gasteiger partial charge on any atom is -0.493 e. The fourth-order valence-electron chi connectivity index (χ4n) is 2.99. The number of anilines is 1. The largest absolute Gasteiger partial charge is 0.493 e. The molecule has 0 radical (unpaired) electrons. The smallest absolute Gasteiger partial charge is 0.225 e. The summed E-state index contributed by atoms with van der Waals surface area (Å²) in [7, 11) is 1.92. The molecular formula is C17H26N2O2. The number of nitrogen functional groups attached to an aromatic ring is 1. The van der Waals surface area contributed by atoms with E-state index in [2.05, 4.69) is 6.92 Å². The number of carbonyl (C=O) groups is 1. The number of carbonyl (C=O) groups excluding carboxylic acids is 1. The summed E-state index contributed by atoms with van der Waals surface area (Å²) in [6.45, 7) is 2.67. The molecule has 0 aliphatic heterocycles. The average Bonchev–Trinajstić information content (AvgIpc) is 2.46. The number of ether oxygens (including phenoxy) is 1. The zero-order chi connectivity index (χ0) is 15.2. The normalized spacial score (nSPS) is 21.8. The lowest BCUT2D eigenvalue weighted by atomic mass is 9.86. The molecule has 0 aromatic heterocycles. The molecule has 1 aromatic carbocycles. The monoisotopic (exact) mass is 290 g/mol. The van der Waals surface area contributed by atoms with Crippen molar-refractivity contribution in [2.75, 3.05) is 19.4 Å². The van der Waals surface area contributed by atoms with Crippen LogP contribution in [0.3, 0.4) is 0 Å². The maximum absolute atomic E-state index is 12.2. The highest BCUT2D eigenvalue weighted by Crippen LogP contribution is 2.27. The summed E-state index contributed by atoms with van der Waals surface area (Å²) < 4.78 is 5.59. The number of nitrogens with two attached hydrogens (primary N) is 1. The number of amides is 1. The number of benzene rings is 1. The summed E-state index contributed by atoms with van der Waals surface area (Å²) in [4.78, 5) is 14.1. The van der Waals surface area contributed by atoms with Crippen LogP contribution in [0.15, 0.2) is 24.3 Å². The lowest BCUT2D eigenvalue weighted by Crippen LogP contribution is -2.40. The van der Waals surface area contributed by atoms with Crippen LogP contribution >= 0.6 is 0 Å². The Balaban J connectivity index is 1.76. The van der Waals surface area contributed by atoms with E-state index in [1.165, 1.54) is 12.8 Å². The van der Waals surface area contributed by atoms with E-state index in [0.717, 1.165) is 24.5 Å². The Morgan fingerprint density at radius 1 is 1.43 bits per heavy atom. The van der Waals surface area contributed by atoms with Gasteiger partial charge < -0.3 is 15.4 Å². The second kappa shape index (κ2) is 7.34. The van der Waals surface area contributed by atoms with Crippen LogP contribution in [0, 0.1) is 5.92 Å². The van der Waals surface area contributed by atoms with Crippen molar-refractivity contribution in [2.45, 2.75) is 45.1 Å². The number of hydrogen-bond donors (Lipinski definition) is 1. The molecule has 4 heteroatoms. The fourth-order valence-corrected chi connectivity index (χ4v) is 2.99. The lowest BCUT2D eigenvalue weighted by Gasteiger charge is -2.34. The molecule has 1 aromatic rings. The van der Waals surface area contributed by atoms with E-state index in [1.807, 2.05) is 30.1 Å². The molecule has 1 fully saturated rings. The first-order valence-corrected chi connectivity index (χ1v) is 7.80. The molecule has 0 bridgehead atoms. The SMILES string of the molecule is CC1CCCC(N(C)C(=O)CCOc2cccc(N)c2)C1. The molecule has 2 rings (SSSR count). The van der Waals surface area contributed by atoms with Gasteiger partial charge in [-0.2, -0.15) is 0 Å². The first-order valence-electron chi connectivity index (χ1n) is 7.80. The number of hydrogen-bond acceptors (Lipinski definition) is 3. The predicted molar refractivity (Wildman–Crippen MR) is 85.2 cm³/mol. The second-order valence-corrected chi connectivity index (χ2v) is 6.10. The van der Waals surface area contributed by atoms with Gasteiger partial charge in [-0.05, 0) is 30.9 Å². The van der Waals surface area contributed by atoms with Crippen LogP contribution in [0.1, 0.15) is 39.0 Å². The number of nitrogens with zero attached hydrogens (tertiary/aromatic N) is 1. The Labute approximate surface area is 127 Å². The van der Waals surface area contributed by atoms with Crippen molar-refractivity contribution >= 4 is 11.6 Å².